The van der Waals surface area contributed by atoms with Crippen LogP contribution in [0.5, 0.6) is 0 Å². The van der Waals surface area contributed by atoms with E-state index in [1.165, 1.54) is 11.1 Å². The average molecular weight is 291 g/mol. The molecule has 0 N–H and O–H groups in total. The Labute approximate surface area is 133 Å². The maximum atomic E-state index is 4.60. The first-order valence-corrected chi connectivity index (χ1v) is 8.04. The lowest BCUT2D eigenvalue weighted by molar-refractivity contribution is 0.152. The van der Waals surface area contributed by atoms with Crippen LogP contribution in [0.15, 0.2) is 66.7 Å². The molecule has 1 fully saturated rings. The summed E-state index contributed by atoms with van der Waals surface area (Å²) in [5.74, 6) is 0. The van der Waals surface area contributed by atoms with Gasteiger partial charge in [-0.3, -0.25) is 4.90 Å². The first kappa shape index (κ1) is 15.0. The number of benzene rings is 2. The topological polar surface area (TPSA) is 17.3 Å². The van der Waals surface area contributed by atoms with Crippen molar-refractivity contribution in [2.24, 2.45) is 0 Å². The Morgan fingerprint density at radius 2 is 1.73 bits per heavy atom. The average Bonchev–Trinajstić information content (AvgIpc) is 2.58. The molecule has 0 amide bonds. The second-order valence-electron chi connectivity index (χ2n) is 5.79. The third kappa shape index (κ3) is 4.30. The van der Waals surface area contributed by atoms with Crippen molar-refractivity contribution in [3.8, 4) is 0 Å². The van der Waals surface area contributed by atoms with Crippen molar-refractivity contribution in [3.63, 3.8) is 0 Å². The lowest BCUT2D eigenvalue weighted by Gasteiger charge is -2.35. The summed E-state index contributed by atoms with van der Waals surface area (Å²) in [6.45, 7) is 4.01. The standard InChI is InChI=1S/C20H23N2/c1-3-8-18(9-4-1)12-7-13-20-16-21-14-15-22(20)17-19-10-5-2-6-11-19/h1-12,20H,13-17H2/b12-7+. The minimum absolute atomic E-state index is 0.522. The summed E-state index contributed by atoms with van der Waals surface area (Å²) in [6.07, 6.45) is 5.57. The fourth-order valence-corrected chi connectivity index (χ4v) is 2.91. The third-order valence-corrected chi connectivity index (χ3v) is 4.15. The summed E-state index contributed by atoms with van der Waals surface area (Å²) in [5.41, 5.74) is 2.66. The maximum Gasteiger partial charge on any atom is 0.0293 e. The normalized spacial score (nSPS) is 19.5. The molecule has 1 saturated heterocycles. The summed E-state index contributed by atoms with van der Waals surface area (Å²) >= 11 is 0. The van der Waals surface area contributed by atoms with Gasteiger partial charge in [-0.2, -0.15) is 0 Å². The van der Waals surface area contributed by atoms with Gasteiger partial charge in [-0.15, -0.1) is 0 Å². The molecule has 2 nitrogen and oxygen atoms in total. The molecule has 1 radical (unpaired) electrons. The van der Waals surface area contributed by atoms with Crippen LogP contribution in [0.3, 0.4) is 0 Å². The van der Waals surface area contributed by atoms with Crippen LogP contribution in [0.2, 0.25) is 0 Å². The van der Waals surface area contributed by atoms with Crippen LogP contribution >= 0.6 is 0 Å². The van der Waals surface area contributed by atoms with Crippen molar-refractivity contribution >= 4 is 6.08 Å². The molecule has 0 saturated carbocycles. The summed E-state index contributed by atoms with van der Waals surface area (Å²) in [7, 11) is 0. The van der Waals surface area contributed by atoms with Crippen molar-refractivity contribution in [1.82, 2.24) is 10.2 Å². The van der Waals surface area contributed by atoms with Crippen molar-refractivity contribution in [2.75, 3.05) is 19.6 Å². The predicted molar refractivity (Wildman–Crippen MR) is 92.6 cm³/mol. The van der Waals surface area contributed by atoms with Gasteiger partial charge >= 0.3 is 0 Å². The molecule has 22 heavy (non-hydrogen) atoms. The fourth-order valence-electron chi connectivity index (χ4n) is 2.91. The maximum absolute atomic E-state index is 4.60. The molecule has 0 aliphatic carbocycles. The molecule has 1 heterocycles. The van der Waals surface area contributed by atoms with Gasteiger partial charge in [0.1, 0.15) is 0 Å². The Balaban J connectivity index is 1.59. The summed E-state index contributed by atoms with van der Waals surface area (Å²) in [4.78, 5) is 2.57. The van der Waals surface area contributed by atoms with E-state index in [1.54, 1.807) is 0 Å². The van der Waals surface area contributed by atoms with E-state index < -0.39 is 0 Å². The smallest absolute Gasteiger partial charge is 0.0293 e. The predicted octanol–water partition coefficient (Wildman–Crippen LogP) is 3.58. The lowest BCUT2D eigenvalue weighted by atomic mass is 10.1. The highest BCUT2D eigenvalue weighted by Gasteiger charge is 2.21. The molecule has 0 aromatic heterocycles. The molecule has 3 rings (SSSR count). The van der Waals surface area contributed by atoms with Crippen molar-refractivity contribution in [1.29, 1.82) is 0 Å². The van der Waals surface area contributed by atoms with Crippen LogP contribution in [0.1, 0.15) is 17.5 Å². The zero-order valence-corrected chi connectivity index (χ0v) is 12.9. The highest BCUT2D eigenvalue weighted by atomic mass is 15.2. The van der Waals surface area contributed by atoms with Crippen LogP contribution in [-0.2, 0) is 6.54 Å². The number of piperazine rings is 1. The fraction of sp³-hybridized carbons (Fsp3) is 0.300. The Hall–Kier alpha value is -1.90. The van der Waals surface area contributed by atoms with Gasteiger partial charge < -0.3 is 0 Å². The highest BCUT2D eigenvalue weighted by molar-refractivity contribution is 5.48. The van der Waals surface area contributed by atoms with E-state index in [9.17, 15) is 0 Å². The van der Waals surface area contributed by atoms with Gasteiger partial charge in [0.2, 0.25) is 0 Å². The van der Waals surface area contributed by atoms with E-state index >= 15 is 0 Å². The van der Waals surface area contributed by atoms with Gasteiger partial charge in [-0.1, -0.05) is 72.8 Å². The Kier molecular flexibility index (Phi) is 5.41. The van der Waals surface area contributed by atoms with Gasteiger partial charge in [-0.25, -0.2) is 5.32 Å². The van der Waals surface area contributed by atoms with Crippen LogP contribution in [0.25, 0.3) is 6.08 Å². The van der Waals surface area contributed by atoms with E-state index in [0.29, 0.717) is 6.04 Å². The van der Waals surface area contributed by atoms with E-state index in [-0.39, 0.29) is 0 Å². The van der Waals surface area contributed by atoms with E-state index in [2.05, 4.69) is 83.0 Å². The first-order valence-electron chi connectivity index (χ1n) is 8.04. The molecule has 1 aliphatic heterocycles. The quantitative estimate of drug-likeness (QED) is 0.823. The van der Waals surface area contributed by atoms with Gasteiger partial charge in [0.05, 0.1) is 0 Å². The SMILES string of the molecule is C(=C\c1ccccc1)/CC1C[N]CCN1Cc1ccccc1. The summed E-state index contributed by atoms with van der Waals surface area (Å²) in [5, 5.41) is 4.60. The summed E-state index contributed by atoms with van der Waals surface area (Å²) in [6, 6.07) is 21.8. The van der Waals surface area contributed by atoms with Gasteiger partial charge in [0, 0.05) is 32.2 Å². The molecule has 0 spiro atoms. The monoisotopic (exact) mass is 291 g/mol. The number of rotatable bonds is 5. The molecule has 2 heteroatoms. The second-order valence-corrected chi connectivity index (χ2v) is 5.79. The van der Waals surface area contributed by atoms with Crippen LogP contribution in [-0.4, -0.2) is 30.6 Å². The van der Waals surface area contributed by atoms with Crippen molar-refractivity contribution in [2.45, 2.75) is 19.0 Å². The summed E-state index contributed by atoms with van der Waals surface area (Å²) < 4.78 is 0. The van der Waals surface area contributed by atoms with Crippen molar-refractivity contribution in [3.05, 3.63) is 77.9 Å². The second kappa shape index (κ2) is 7.92. The molecule has 1 unspecified atom stereocenters. The van der Waals surface area contributed by atoms with Crippen LogP contribution in [0.4, 0.5) is 0 Å². The molecule has 2 aromatic carbocycles. The van der Waals surface area contributed by atoms with Crippen LogP contribution < -0.4 is 5.32 Å². The number of hydrogen-bond acceptors (Lipinski definition) is 1. The molecular weight excluding hydrogens is 268 g/mol. The molecular formula is C20H23N2. The lowest BCUT2D eigenvalue weighted by Crippen LogP contribution is -2.47. The number of nitrogens with zero attached hydrogens (tertiary/aromatic N) is 2. The minimum atomic E-state index is 0.522. The highest BCUT2D eigenvalue weighted by Crippen LogP contribution is 2.14. The van der Waals surface area contributed by atoms with Crippen molar-refractivity contribution < 1.29 is 0 Å². The van der Waals surface area contributed by atoms with E-state index in [0.717, 1.165) is 32.6 Å². The molecule has 0 bridgehead atoms. The largest absolute Gasteiger partial charge is 0.293 e. The van der Waals surface area contributed by atoms with E-state index in [1.807, 2.05) is 0 Å². The Morgan fingerprint density at radius 1 is 1.00 bits per heavy atom. The van der Waals surface area contributed by atoms with Gasteiger partial charge in [-0.05, 0) is 17.5 Å². The molecule has 1 aliphatic rings. The molecule has 1 atom stereocenters. The third-order valence-electron chi connectivity index (χ3n) is 4.15. The minimum Gasteiger partial charge on any atom is -0.293 e. The van der Waals surface area contributed by atoms with E-state index in [4.69, 9.17) is 0 Å². The Morgan fingerprint density at radius 3 is 2.50 bits per heavy atom. The number of hydrogen-bond donors (Lipinski definition) is 0. The first-order chi connectivity index (χ1) is 10.9. The molecule has 113 valence electrons. The van der Waals surface area contributed by atoms with Gasteiger partial charge in [0.15, 0.2) is 0 Å². The van der Waals surface area contributed by atoms with Gasteiger partial charge in [0.25, 0.3) is 0 Å². The molecule has 2 aromatic rings. The zero-order chi connectivity index (χ0) is 15.0. The van der Waals surface area contributed by atoms with Crippen LogP contribution in [0, 0.1) is 0 Å². The zero-order valence-electron chi connectivity index (χ0n) is 12.9. The Bertz CT molecular complexity index is 577.